The zero-order valence-electron chi connectivity index (χ0n) is 9.04. The molecule has 0 spiro atoms. The standard InChI is InChI=1S/C9H16ClNO4/c1-9(2,5-10)8(14)11-4-6(12)7(13)15-3/h6,12H,4-5H2,1-3H3,(H,11,14). The molecule has 5 nitrogen and oxygen atoms in total. The number of esters is 1. The van der Waals surface area contributed by atoms with Crippen LogP contribution in [0.5, 0.6) is 0 Å². The number of amides is 1. The zero-order valence-corrected chi connectivity index (χ0v) is 9.80. The first kappa shape index (κ1) is 14.2. The van der Waals surface area contributed by atoms with Gasteiger partial charge in [-0.15, -0.1) is 11.6 Å². The molecule has 1 amide bonds. The fourth-order valence-electron chi connectivity index (χ4n) is 0.709. The topological polar surface area (TPSA) is 75.6 Å². The Morgan fingerprint density at radius 3 is 2.47 bits per heavy atom. The number of alkyl halides is 1. The highest BCUT2D eigenvalue weighted by Gasteiger charge is 2.27. The third-order valence-electron chi connectivity index (χ3n) is 1.88. The summed E-state index contributed by atoms with van der Waals surface area (Å²) in [4.78, 5) is 22.2. The SMILES string of the molecule is COC(=O)C(O)CNC(=O)C(C)(C)CCl. The number of aliphatic hydroxyl groups excluding tert-OH is 1. The minimum atomic E-state index is -1.34. The molecule has 0 bridgehead atoms. The minimum Gasteiger partial charge on any atom is -0.467 e. The quantitative estimate of drug-likeness (QED) is 0.517. The van der Waals surface area contributed by atoms with Gasteiger partial charge >= 0.3 is 5.97 Å². The number of methoxy groups -OCH3 is 1. The summed E-state index contributed by atoms with van der Waals surface area (Å²) in [5.41, 5.74) is -0.725. The zero-order chi connectivity index (χ0) is 12.1. The fourth-order valence-corrected chi connectivity index (χ4v) is 0.830. The number of halogens is 1. The second-order valence-corrected chi connectivity index (χ2v) is 4.03. The van der Waals surface area contributed by atoms with Gasteiger partial charge in [-0.2, -0.15) is 0 Å². The van der Waals surface area contributed by atoms with Gasteiger partial charge in [0.2, 0.25) is 5.91 Å². The molecule has 15 heavy (non-hydrogen) atoms. The summed E-state index contributed by atoms with van der Waals surface area (Å²) < 4.78 is 4.29. The van der Waals surface area contributed by atoms with Gasteiger partial charge in [0.05, 0.1) is 19.1 Å². The monoisotopic (exact) mass is 237 g/mol. The van der Waals surface area contributed by atoms with Crippen molar-refractivity contribution in [3.63, 3.8) is 0 Å². The van der Waals surface area contributed by atoms with Gasteiger partial charge in [-0.25, -0.2) is 4.79 Å². The molecule has 0 aliphatic rings. The molecule has 6 heteroatoms. The highest BCUT2D eigenvalue weighted by atomic mass is 35.5. The Labute approximate surface area is 93.7 Å². The first-order chi connectivity index (χ1) is 6.85. The number of hydrogen-bond donors (Lipinski definition) is 2. The molecule has 2 N–H and O–H groups in total. The van der Waals surface area contributed by atoms with E-state index in [9.17, 15) is 14.7 Å². The van der Waals surface area contributed by atoms with Crippen molar-refractivity contribution in [2.75, 3.05) is 19.5 Å². The van der Waals surface area contributed by atoms with E-state index in [0.29, 0.717) is 0 Å². The Balaban J connectivity index is 4.07. The van der Waals surface area contributed by atoms with Crippen LogP contribution in [-0.2, 0) is 14.3 Å². The predicted octanol–water partition coefficient (Wildman–Crippen LogP) is -0.0985. The van der Waals surface area contributed by atoms with E-state index >= 15 is 0 Å². The highest BCUT2D eigenvalue weighted by molar-refractivity contribution is 6.19. The van der Waals surface area contributed by atoms with Crippen molar-refractivity contribution in [3.05, 3.63) is 0 Å². The maximum Gasteiger partial charge on any atom is 0.336 e. The molecule has 0 saturated heterocycles. The minimum absolute atomic E-state index is 0.160. The van der Waals surface area contributed by atoms with Crippen molar-refractivity contribution >= 4 is 23.5 Å². The lowest BCUT2D eigenvalue weighted by Crippen LogP contribution is -2.43. The third kappa shape index (κ3) is 4.48. The number of carbonyl (C=O) groups excluding carboxylic acids is 2. The first-order valence-electron chi connectivity index (χ1n) is 4.45. The molecular formula is C9H16ClNO4. The van der Waals surface area contributed by atoms with Crippen LogP contribution >= 0.6 is 11.6 Å². The van der Waals surface area contributed by atoms with Gasteiger partial charge in [0.15, 0.2) is 6.10 Å². The summed E-state index contributed by atoms with van der Waals surface area (Å²) in [6.45, 7) is 3.16. The number of nitrogens with one attached hydrogen (secondary N) is 1. The summed E-state index contributed by atoms with van der Waals surface area (Å²) in [5.74, 6) is -0.938. The van der Waals surface area contributed by atoms with Crippen molar-refractivity contribution in [3.8, 4) is 0 Å². The Hall–Kier alpha value is -0.810. The third-order valence-corrected chi connectivity index (χ3v) is 2.55. The molecule has 1 unspecified atom stereocenters. The van der Waals surface area contributed by atoms with Crippen LogP contribution in [-0.4, -0.2) is 42.6 Å². The van der Waals surface area contributed by atoms with Crippen LogP contribution < -0.4 is 5.32 Å². The van der Waals surface area contributed by atoms with E-state index in [4.69, 9.17) is 11.6 Å². The lowest BCUT2D eigenvalue weighted by Gasteiger charge is -2.21. The summed E-state index contributed by atoms with van der Waals surface area (Å²) in [6, 6.07) is 0. The van der Waals surface area contributed by atoms with Gasteiger partial charge in [0, 0.05) is 5.88 Å². The van der Waals surface area contributed by atoms with Crippen molar-refractivity contribution in [2.24, 2.45) is 5.41 Å². The van der Waals surface area contributed by atoms with E-state index in [1.165, 1.54) is 0 Å². The van der Waals surface area contributed by atoms with Crippen molar-refractivity contribution in [1.29, 1.82) is 0 Å². The van der Waals surface area contributed by atoms with Gasteiger partial charge in [-0.3, -0.25) is 4.79 Å². The maximum absolute atomic E-state index is 11.5. The Kier molecular flexibility index (Phi) is 5.60. The van der Waals surface area contributed by atoms with Gasteiger partial charge in [-0.05, 0) is 13.8 Å². The van der Waals surface area contributed by atoms with Gasteiger partial charge in [0.1, 0.15) is 0 Å². The number of hydrogen-bond acceptors (Lipinski definition) is 4. The molecule has 0 heterocycles. The van der Waals surface area contributed by atoms with E-state index in [1.54, 1.807) is 13.8 Å². The molecule has 0 aromatic rings. The van der Waals surface area contributed by atoms with Gasteiger partial charge in [-0.1, -0.05) is 0 Å². The molecule has 1 atom stereocenters. The normalized spacial score (nSPS) is 13.1. The lowest BCUT2D eigenvalue weighted by atomic mass is 9.95. The van der Waals surface area contributed by atoms with E-state index in [2.05, 4.69) is 10.1 Å². The summed E-state index contributed by atoms with van der Waals surface area (Å²) in [6.07, 6.45) is -1.34. The summed E-state index contributed by atoms with van der Waals surface area (Å²) in [7, 11) is 1.16. The van der Waals surface area contributed by atoms with Gasteiger partial charge < -0.3 is 15.2 Å². The van der Waals surface area contributed by atoms with Crippen molar-refractivity contribution < 1.29 is 19.4 Å². The fraction of sp³-hybridized carbons (Fsp3) is 0.778. The molecule has 0 aliphatic heterocycles. The van der Waals surface area contributed by atoms with Crippen LogP contribution in [0.15, 0.2) is 0 Å². The molecule has 0 aromatic heterocycles. The molecule has 0 radical (unpaired) electrons. The number of carbonyl (C=O) groups is 2. The number of rotatable bonds is 5. The molecular weight excluding hydrogens is 222 g/mol. The molecule has 88 valence electrons. The Morgan fingerprint density at radius 1 is 1.53 bits per heavy atom. The Bertz CT molecular complexity index is 242. The van der Waals surface area contributed by atoms with Crippen molar-refractivity contribution in [2.45, 2.75) is 20.0 Å². The maximum atomic E-state index is 11.5. The average molecular weight is 238 g/mol. The first-order valence-corrected chi connectivity index (χ1v) is 4.98. The molecule has 0 rings (SSSR count). The number of aliphatic hydroxyl groups is 1. The van der Waals surface area contributed by atoms with Crippen molar-refractivity contribution in [1.82, 2.24) is 5.32 Å². The molecule has 0 saturated carbocycles. The van der Waals surface area contributed by atoms with Crippen LogP contribution in [0.3, 0.4) is 0 Å². The van der Waals surface area contributed by atoms with E-state index < -0.39 is 17.5 Å². The highest BCUT2D eigenvalue weighted by Crippen LogP contribution is 2.16. The van der Waals surface area contributed by atoms with Crippen LogP contribution in [0.1, 0.15) is 13.8 Å². The average Bonchev–Trinajstić information content (AvgIpc) is 2.23. The molecule has 0 fully saturated rings. The number of ether oxygens (including phenoxy) is 1. The lowest BCUT2D eigenvalue weighted by molar-refractivity contribution is -0.150. The van der Waals surface area contributed by atoms with E-state index in [1.807, 2.05) is 0 Å². The Morgan fingerprint density at radius 2 is 2.07 bits per heavy atom. The predicted molar refractivity (Wildman–Crippen MR) is 55.5 cm³/mol. The van der Waals surface area contributed by atoms with E-state index in [0.717, 1.165) is 7.11 Å². The second-order valence-electron chi connectivity index (χ2n) is 3.77. The smallest absolute Gasteiger partial charge is 0.336 e. The van der Waals surface area contributed by atoms with Crippen LogP contribution in [0.25, 0.3) is 0 Å². The summed E-state index contributed by atoms with van der Waals surface area (Å²) >= 11 is 5.58. The van der Waals surface area contributed by atoms with Crippen LogP contribution in [0.2, 0.25) is 0 Å². The molecule has 0 aliphatic carbocycles. The van der Waals surface area contributed by atoms with Crippen LogP contribution in [0.4, 0.5) is 0 Å². The van der Waals surface area contributed by atoms with E-state index in [-0.39, 0.29) is 18.3 Å². The van der Waals surface area contributed by atoms with Gasteiger partial charge in [0.25, 0.3) is 0 Å². The van der Waals surface area contributed by atoms with Crippen LogP contribution in [0, 0.1) is 5.41 Å². The molecule has 0 aromatic carbocycles. The largest absolute Gasteiger partial charge is 0.467 e. The summed E-state index contributed by atoms with van der Waals surface area (Å²) in [5, 5.41) is 11.6. The second kappa shape index (κ2) is 5.92.